The highest BCUT2D eigenvalue weighted by atomic mass is 35.5. The van der Waals surface area contributed by atoms with Crippen LogP contribution in [0.5, 0.6) is 0 Å². The lowest BCUT2D eigenvalue weighted by atomic mass is 10.5. The largest absolute Gasteiger partial charge is 0.370 e. The first-order valence-electron chi connectivity index (χ1n) is 2.50. The van der Waals surface area contributed by atoms with Crippen molar-refractivity contribution in [2.75, 3.05) is 0 Å². The highest BCUT2D eigenvalue weighted by Crippen LogP contribution is 2.13. The third-order valence-corrected chi connectivity index (χ3v) is 1.24. The van der Waals surface area contributed by atoms with Gasteiger partial charge in [0.2, 0.25) is 5.15 Å². The van der Waals surface area contributed by atoms with E-state index in [9.17, 15) is 14.9 Å². The van der Waals surface area contributed by atoms with E-state index in [-0.39, 0.29) is 0 Å². The van der Waals surface area contributed by atoms with Crippen molar-refractivity contribution in [1.29, 1.82) is 0 Å². The van der Waals surface area contributed by atoms with Crippen LogP contribution in [0, 0.1) is 10.1 Å². The van der Waals surface area contributed by atoms with E-state index >= 15 is 0 Å². The van der Waals surface area contributed by atoms with Gasteiger partial charge in [-0.25, -0.2) is 4.98 Å². The van der Waals surface area contributed by atoms with Gasteiger partial charge < -0.3 is 4.98 Å². The van der Waals surface area contributed by atoms with Gasteiger partial charge in [0, 0.05) is 0 Å². The van der Waals surface area contributed by atoms with Crippen molar-refractivity contribution in [3.8, 4) is 0 Å². The molecule has 58 valence electrons. The fourth-order valence-electron chi connectivity index (χ4n) is 0.529. The van der Waals surface area contributed by atoms with Crippen molar-refractivity contribution < 1.29 is 4.92 Å². The predicted octanol–water partition coefficient (Wildman–Crippen LogP) is 0.332. The first-order chi connectivity index (χ1) is 5.13. The van der Waals surface area contributed by atoms with Gasteiger partial charge in [-0.15, -0.1) is 0 Å². The molecule has 0 aliphatic carbocycles. The van der Waals surface area contributed by atoms with Gasteiger partial charge in [-0.1, -0.05) is 11.6 Å². The van der Waals surface area contributed by atoms with E-state index < -0.39 is 21.3 Å². The number of nitrogens with zero attached hydrogens (tertiary/aromatic N) is 2. The summed E-state index contributed by atoms with van der Waals surface area (Å²) in [4.78, 5) is 25.2. The van der Waals surface area contributed by atoms with E-state index in [0.29, 0.717) is 0 Å². The van der Waals surface area contributed by atoms with Crippen LogP contribution >= 0.6 is 11.6 Å². The summed E-state index contributed by atoms with van der Waals surface area (Å²) in [6.07, 6.45) is 0.998. The fraction of sp³-hybridized carbons (Fsp3) is 0. The quantitative estimate of drug-likeness (QED) is 0.378. The van der Waals surface area contributed by atoms with Gasteiger partial charge in [0.25, 0.3) is 0 Å². The van der Waals surface area contributed by atoms with Crippen LogP contribution in [-0.4, -0.2) is 14.9 Å². The number of aromatic amines is 1. The van der Waals surface area contributed by atoms with Gasteiger partial charge in [-0.2, -0.15) is 0 Å². The Balaban J connectivity index is 3.45. The first-order valence-corrected chi connectivity index (χ1v) is 2.88. The second kappa shape index (κ2) is 2.67. The maximum atomic E-state index is 10.7. The average Bonchev–Trinajstić information content (AvgIpc) is 1.85. The molecule has 0 saturated heterocycles. The molecule has 0 aliphatic heterocycles. The molecule has 1 rings (SSSR count). The number of hydrogen-bond acceptors (Lipinski definition) is 4. The fourth-order valence-corrected chi connectivity index (χ4v) is 0.733. The number of nitro groups is 1. The van der Waals surface area contributed by atoms with Crippen molar-refractivity contribution in [2.45, 2.75) is 0 Å². The normalized spacial score (nSPS) is 9.55. The number of nitrogens with one attached hydrogen (secondary N) is 1. The number of halogens is 1. The predicted molar refractivity (Wildman–Crippen MR) is 36.5 cm³/mol. The molecule has 0 amide bonds. The Hall–Kier alpha value is -1.43. The van der Waals surface area contributed by atoms with E-state index in [1.165, 1.54) is 0 Å². The van der Waals surface area contributed by atoms with Crippen LogP contribution in [-0.2, 0) is 0 Å². The minimum absolute atomic E-state index is 0.404. The van der Waals surface area contributed by atoms with Crippen molar-refractivity contribution in [1.82, 2.24) is 9.97 Å². The molecule has 1 heterocycles. The Morgan fingerprint density at radius 1 is 1.73 bits per heavy atom. The molecule has 1 aromatic rings. The molecule has 0 spiro atoms. The molecule has 0 atom stereocenters. The van der Waals surface area contributed by atoms with Crippen molar-refractivity contribution in [3.63, 3.8) is 0 Å². The lowest BCUT2D eigenvalue weighted by molar-refractivity contribution is -0.386. The molecule has 1 N–H and O–H groups in total. The third-order valence-electron chi connectivity index (χ3n) is 0.967. The SMILES string of the molecule is O=c1[nH]cnc(Cl)c1[N+](=O)[O-]. The van der Waals surface area contributed by atoms with Gasteiger partial charge in [-0.3, -0.25) is 14.9 Å². The zero-order chi connectivity index (χ0) is 8.43. The van der Waals surface area contributed by atoms with Crippen LogP contribution in [0.1, 0.15) is 0 Å². The summed E-state index contributed by atoms with van der Waals surface area (Å²) >= 11 is 5.25. The molecule has 0 radical (unpaired) electrons. The van der Waals surface area contributed by atoms with E-state index in [0.717, 1.165) is 6.33 Å². The third kappa shape index (κ3) is 1.35. The van der Waals surface area contributed by atoms with E-state index in [2.05, 4.69) is 4.98 Å². The number of hydrogen-bond donors (Lipinski definition) is 1. The van der Waals surface area contributed by atoms with Crippen LogP contribution in [0.4, 0.5) is 5.69 Å². The molecule has 0 unspecified atom stereocenters. The highest BCUT2D eigenvalue weighted by Gasteiger charge is 2.17. The molecular weight excluding hydrogens is 174 g/mol. The molecule has 0 aromatic carbocycles. The smallest absolute Gasteiger partial charge is 0.307 e. The van der Waals surface area contributed by atoms with Crippen molar-refractivity contribution in [2.24, 2.45) is 0 Å². The summed E-state index contributed by atoms with van der Waals surface area (Å²) in [6, 6.07) is 0. The van der Waals surface area contributed by atoms with Gasteiger partial charge >= 0.3 is 11.2 Å². The molecule has 0 bridgehead atoms. The Kier molecular flexibility index (Phi) is 1.86. The minimum Gasteiger partial charge on any atom is -0.307 e. The second-order valence-electron chi connectivity index (χ2n) is 1.63. The van der Waals surface area contributed by atoms with Crippen molar-refractivity contribution in [3.05, 3.63) is 31.9 Å². The molecule has 6 nitrogen and oxygen atoms in total. The van der Waals surface area contributed by atoms with Crippen molar-refractivity contribution >= 4 is 17.3 Å². The van der Waals surface area contributed by atoms with Crippen LogP contribution in [0.15, 0.2) is 11.1 Å². The summed E-state index contributed by atoms with van der Waals surface area (Å²) in [7, 11) is 0. The monoisotopic (exact) mass is 175 g/mol. The Morgan fingerprint density at radius 2 is 2.36 bits per heavy atom. The number of rotatable bonds is 1. The van der Waals surface area contributed by atoms with Crippen LogP contribution in [0.25, 0.3) is 0 Å². The van der Waals surface area contributed by atoms with Crippen LogP contribution in [0.2, 0.25) is 5.15 Å². The number of H-pyrrole nitrogens is 1. The highest BCUT2D eigenvalue weighted by molar-refractivity contribution is 6.31. The first kappa shape index (κ1) is 7.67. The Bertz CT molecular complexity index is 347. The summed E-state index contributed by atoms with van der Waals surface area (Å²) in [5.74, 6) is 0. The molecule has 1 aromatic heterocycles. The average molecular weight is 176 g/mol. The van der Waals surface area contributed by atoms with E-state index in [1.54, 1.807) is 0 Å². The van der Waals surface area contributed by atoms with Crippen LogP contribution < -0.4 is 5.56 Å². The number of aromatic nitrogens is 2. The zero-order valence-corrected chi connectivity index (χ0v) is 5.83. The molecule has 0 aliphatic rings. The molecule has 0 saturated carbocycles. The molecule has 11 heavy (non-hydrogen) atoms. The second-order valence-corrected chi connectivity index (χ2v) is 1.99. The lowest BCUT2D eigenvalue weighted by Crippen LogP contribution is -2.12. The molecule has 0 fully saturated rings. The summed E-state index contributed by atoms with van der Waals surface area (Å²) in [6.45, 7) is 0. The standard InChI is InChI=1S/C4H2ClN3O3/c5-3-2(8(10)11)4(9)7-1-6-3/h1H,(H,6,7,9). The maximum Gasteiger partial charge on any atom is 0.370 e. The van der Waals surface area contributed by atoms with Gasteiger partial charge in [0.05, 0.1) is 11.3 Å². The van der Waals surface area contributed by atoms with Gasteiger partial charge in [-0.05, 0) is 0 Å². The van der Waals surface area contributed by atoms with Crippen LogP contribution in [0.3, 0.4) is 0 Å². The van der Waals surface area contributed by atoms with E-state index in [1.807, 2.05) is 4.98 Å². The Morgan fingerprint density at radius 3 is 2.73 bits per heavy atom. The minimum atomic E-state index is -0.881. The van der Waals surface area contributed by atoms with Gasteiger partial charge in [0.1, 0.15) is 0 Å². The zero-order valence-electron chi connectivity index (χ0n) is 5.07. The summed E-state index contributed by atoms with van der Waals surface area (Å²) in [5, 5.41) is 9.70. The topological polar surface area (TPSA) is 88.9 Å². The molecule has 7 heteroatoms. The summed E-state index contributed by atoms with van der Waals surface area (Å²) in [5.41, 5.74) is -1.58. The lowest BCUT2D eigenvalue weighted by Gasteiger charge is -1.89. The van der Waals surface area contributed by atoms with Gasteiger partial charge in [0.15, 0.2) is 0 Å². The Labute approximate surface area is 65.0 Å². The maximum absolute atomic E-state index is 10.7. The summed E-state index contributed by atoms with van der Waals surface area (Å²) < 4.78 is 0. The molecular formula is C4H2ClN3O3. The van der Waals surface area contributed by atoms with E-state index in [4.69, 9.17) is 11.6 Å².